The van der Waals surface area contributed by atoms with Gasteiger partial charge in [-0.3, -0.25) is 14.5 Å². The summed E-state index contributed by atoms with van der Waals surface area (Å²) in [6, 6.07) is 5.06. The van der Waals surface area contributed by atoms with Gasteiger partial charge in [-0.1, -0.05) is 38.8 Å². The van der Waals surface area contributed by atoms with E-state index in [9.17, 15) is 18.8 Å². The number of amides is 4. The predicted molar refractivity (Wildman–Crippen MR) is 103 cm³/mol. The van der Waals surface area contributed by atoms with E-state index in [1.165, 1.54) is 24.3 Å². The highest BCUT2D eigenvalue weighted by molar-refractivity contribution is 6.09. The molecule has 2 atom stereocenters. The fraction of sp³-hybridized carbons (Fsp3) is 0.571. The van der Waals surface area contributed by atoms with Crippen LogP contribution in [-0.2, 0) is 15.1 Å². The number of piperidine rings is 1. The molecule has 2 heterocycles. The average Bonchev–Trinajstić information content (AvgIpc) is 2.92. The summed E-state index contributed by atoms with van der Waals surface area (Å²) in [5.74, 6) is -0.627. The first-order valence-electron chi connectivity index (χ1n) is 10.1. The molecule has 0 radical (unpaired) electrons. The molecule has 1 aromatic rings. The highest BCUT2D eigenvalue weighted by Gasteiger charge is 2.52. The third kappa shape index (κ3) is 3.88. The van der Waals surface area contributed by atoms with E-state index in [-0.39, 0.29) is 12.5 Å². The van der Waals surface area contributed by atoms with Crippen LogP contribution in [0, 0.1) is 11.7 Å². The molecule has 0 bridgehead atoms. The number of imide groups is 1. The molecule has 2 aliphatic heterocycles. The van der Waals surface area contributed by atoms with Crippen molar-refractivity contribution < 1.29 is 18.8 Å². The molecule has 1 N–H and O–H groups in total. The number of halogens is 1. The van der Waals surface area contributed by atoms with Crippen molar-refractivity contribution in [2.75, 3.05) is 19.6 Å². The third-order valence-corrected chi connectivity index (χ3v) is 5.72. The lowest BCUT2D eigenvalue weighted by Gasteiger charge is -2.32. The molecule has 0 spiro atoms. The molecular formula is C21H28FN3O3. The normalized spacial score (nSPS) is 25.2. The minimum atomic E-state index is -1.24. The Kier molecular flexibility index (Phi) is 6.01. The lowest BCUT2D eigenvalue weighted by molar-refractivity contribution is -0.140. The Morgan fingerprint density at radius 3 is 2.64 bits per heavy atom. The van der Waals surface area contributed by atoms with E-state index in [4.69, 9.17) is 0 Å². The first-order valence-corrected chi connectivity index (χ1v) is 10.1. The van der Waals surface area contributed by atoms with Gasteiger partial charge in [-0.25, -0.2) is 9.18 Å². The van der Waals surface area contributed by atoms with Crippen LogP contribution in [0.2, 0.25) is 0 Å². The minimum absolute atomic E-state index is 0.208. The largest absolute Gasteiger partial charge is 0.341 e. The molecule has 3 rings (SSSR count). The van der Waals surface area contributed by atoms with E-state index in [2.05, 4.69) is 12.2 Å². The van der Waals surface area contributed by atoms with E-state index in [1.54, 1.807) is 4.90 Å². The summed E-state index contributed by atoms with van der Waals surface area (Å²) in [4.78, 5) is 41.4. The van der Waals surface area contributed by atoms with Crippen molar-refractivity contribution in [3.8, 4) is 0 Å². The van der Waals surface area contributed by atoms with Gasteiger partial charge in [0.05, 0.1) is 0 Å². The van der Waals surface area contributed by atoms with Gasteiger partial charge in [-0.15, -0.1) is 0 Å². The molecule has 2 fully saturated rings. The molecule has 2 unspecified atom stereocenters. The van der Waals surface area contributed by atoms with Gasteiger partial charge in [-0.05, 0) is 42.9 Å². The summed E-state index contributed by atoms with van der Waals surface area (Å²) in [5.41, 5.74) is -0.696. The van der Waals surface area contributed by atoms with Crippen molar-refractivity contribution in [3.05, 3.63) is 35.6 Å². The predicted octanol–water partition coefficient (Wildman–Crippen LogP) is 3.02. The Morgan fingerprint density at radius 2 is 2.00 bits per heavy atom. The van der Waals surface area contributed by atoms with Crippen molar-refractivity contribution >= 4 is 17.8 Å². The molecular weight excluding hydrogens is 361 g/mol. The van der Waals surface area contributed by atoms with Crippen LogP contribution in [0.25, 0.3) is 0 Å². The first kappa shape index (κ1) is 20.3. The van der Waals surface area contributed by atoms with Crippen LogP contribution in [0.4, 0.5) is 9.18 Å². The Labute approximate surface area is 165 Å². The summed E-state index contributed by atoms with van der Waals surface area (Å²) >= 11 is 0. The summed E-state index contributed by atoms with van der Waals surface area (Å²) in [5, 5.41) is 2.80. The van der Waals surface area contributed by atoms with E-state index < -0.39 is 23.3 Å². The number of hydrogen-bond donors (Lipinski definition) is 1. The van der Waals surface area contributed by atoms with Crippen molar-refractivity contribution in [1.29, 1.82) is 0 Å². The Morgan fingerprint density at radius 1 is 1.29 bits per heavy atom. The van der Waals surface area contributed by atoms with Crippen LogP contribution >= 0.6 is 0 Å². The second kappa shape index (κ2) is 8.29. The van der Waals surface area contributed by atoms with Gasteiger partial charge in [-0.2, -0.15) is 0 Å². The van der Waals surface area contributed by atoms with Crippen molar-refractivity contribution in [2.45, 2.75) is 51.5 Å². The molecule has 152 valence electrons. The van der Waals surface area contributed by atoms with Crippen LogP contribution in [0.1, 0.15) is 51.5 Å². The number of carbonyl (C=O) groups is 3. The zero-order valence-corrected chi connectivity index (χ0v) is 16.5. The Hall–Kier alpha value is -2.44. The molecule has 0 saturated carbocycles. The van der Waals surface area contributed by atoms with Crippen LogP contribution in [0.3, 0.4) is 0 Å². The Bertz CT molecular complexity index is 752. The van der Waals surface area contributed by atoms with E-state index >= 15 is 0 Å². The lowest BCUT2D eigenvalue weighted by Crippen LogP contribution is -2.47. The maximum Gasteiger partial charge on any atom is 0.325 e. The molecule has 2 aliphatic rings. The fourth-order valence-corrected chi connectivity index (χ4v) is 4.11. The molecule has 0 aromatic heterocycles. The number of rotatable bonds is 6. The quantitative estimate of drug-likeness (QED) is 0.761. The summed E-state index contributed by atoms with van der Waals surface area (Å²) in [6.07, 6.45) is 3.98. The fourth-order valence-electron chi connectivity index (χ4n) is 4.11. The van der Waals surface area contributed by atoms with Gasteiger partial charge in [0.15, 0.2) is 0 Å². The van der Waals surface area contributed by atoms with Crippen molar-refractivity contribution in [3.63, 3.8) is 0 Å². The van der Waals surface area contributed by atoms with Gasteiger partial charge in [0, 0.05) is 13.1 Å². The second-order valence-corrected chi connectivity index (χ2v) is 7.92. The smallest absolute Gasteiger partial charge is 0.325 e. The Balaban J connectivity index is 1.82. The zero-order chi connectivity index (χ0) is 20.3. The maximum atomic E-state index is 13.4. The van der Waals surface area contributed by atoms with Gasteiger partial charge >= 0.3 is 6.03 Å². The monoisotopic (exact) mass is 389 g/mol. The van der Waals surface area contributed by atoms with E-state index in [1.807, 2.05) is 6.92 Å². The first-order chi connectivity index (χ1) is 13.4. The highest BCUT2D eigenvalue weighted by atomic mass is 19.1. The molecule has 28 heavy (non-hydrogen) atoms. The van der Waals surface area contributed by atoms with Gasteiger partial charge in [0.25, 0.3) is 5.91 Å². The number of unbranched alkanes of at least 4 members (excludes halogenated alkanes) is 1. The molecule has 7 heteroatoms. The summed E-state index contributed by atoms with van der Waals surface area (Å²) in [7, 11) is 0. The number of urea groups is 1. The van der Waals surface area contributed by atoms with Crippen LogP contribution in [0.15, 0.2) is 24.3 Å². The molecule has 2 saturated heterocycles. The van der Waals surface area contributed by atoms with Crippen molar-refractivity contribution in [1.82, 2.24) is 15.1 Å². The molecule has 4 amide bonds. The number of nitrogens with one attached hydrogen (secondary N) is 1. The summed E-state index contributed by atoms with van der Waals surface area (Å²) in [6.45, 7) is 5.15. The molecule has 0 aliphatic carbocycles. The number of nitrogens with zero attached hydrogens (tertiary/aromatic N) is 2. The van der Waals surface area contributed by atoms with E-state index in [0.29, 0.717) is 31.0 Å². The second-order valence-electron chi connectivity index (χ2n) is 7.92. The molecule has 1 aromatic carbocycles. The van der Waals surface area contributed by atoms with Crippen LogP contribution in [-0.4, -0.2) is 47.3 Å². The number of likely N-dealkylation sites (tertiary alicyclic amines) is 1. The standard InChI is InChI=1S/C21H28FN3O3/c1-3-4-11-21(16-7-9-17(22)10-8-16)19(27)25(20(28)23-21)14-18(26)24-12-5-6-15(2)13-24/h7-10,15H,3-6,11-14H2,1-2H3,(H,23,28). The topological polar surface area (TPSA) is 69.7 Å². The van der Waals surface area contributed by atoms with Crippen LogP contribution in [0.5, 0.6) is 0 Å². The van der Waals surface area contributed by atoms with E-state index in [0.717, 1.165) is 30.6 Å². The number of carbonyl (C=O) groups excluding carboxylic acids is 3. The lowest BCUT2D eigenvalue weighted by atomic mass is 9.85. The minimum Gasteiger partial charge on any atom is -0.341 e. The maximum absolute atomic E-state index is 13.4. The molecule has 6 nitrogen and oxygen atoms in total. The van der Waals surface area contributed by atoms with Crippen LogP contribution < -0.4 is 5.32 Å². The third-order valence-electron chi connectivity index (χ3n) is 5.72. The van der Waals surface area contributed by atoms with Crippen molar-refractivity contribution in [2.24, 2.45) is 5.92 Å². The zero-order valence-electron chi connectivity index (χ0n) is 16.5. The van der Waals surface area contributed by atoms with Gasteiger partial charge in [0.2, 0.25) is 5.91 Å². The average molecular weight is 389 g/mol. The SMILES string of the molecule is CCCCC1(c2ccc(F)cc2)NC(=O)N(CC(=O)N2CCCC(C)C2)C1=O. The highest BCUT2D eigenvalue weighted by Crippen LogP contribution is 2.34. The summed E-state index contributed by atoms with van der Waals surface area (Å²) < 4.78 is 13.4. The number of benzene rings is 1. The van der Waals surface area contributed by atoms with Gasteiger partial charge in [0.1, 0.15) is 17.9 Å². The number of hydrogen-bond acceptors (Lipinski definition) is 3. The van der Waals surface area contributed by atoms with Gasteiger partial charge < -0.3 is 10.2 Å².